The van der Waals surface area contributed by atoms with E-state index in [4.69, 9.17) is 17.3 Å². The zero-order valence-corrected chi connectivity index (χ0v) is 11.3. The highest BCUT2D eigenvalue weighted by Crippen LogP contribution is 2.39. The molecule has 2 aromatic rings. The minimum absolute atomic E-state index is 0.0795. The van der Waals surface area contributed by atoms with Crippen molar-refractivity contribution in [3.8, 4) is 0 Å². The number of rotatable bonds is 2. The van der Waals surface area contributed by atoms with Crippen LogP contribution in [0.3, 0.4) is 0 Å². The highest BCUT2D eigenvalue weighted by molar-refractivity contribution is 6.31. The number of carboxylic acid groups (broad SMARTS) is 1. The van der Waals surface area contributed by atoms with E-state index in [0.29, 0.717) is 23.7 Å². The van der Waals surface area contributed by atoms with E-state index in [0.717, 1.165) is 5.56 Å². The summed E-state index contributed by atoms with van der Waals surface area (Å²) in [5.41, 5.74) is 6.55. The summed E-state index contributed by atoms with van der Waals surface area (Å²) in [5, 5.41) is 13.9. The van der Waals surface area contributed by atoms with Crippen LogP contribution in [-0.2, 0) is 4.79 Å². The lowest BCUT2D eigenvalue weighted by Crippen LogP contribution is -2.28. The van der Waals surface area contributed by atoms with Crippen LogP contribution in [0.15, 0.2) is 24.3 Å². The summed E-state index contributed by atoms with van der Waals surface area (Å²) < 4.78 is 1.41. The average molecular weight is 293 g/mol. The van der Waals surface area contributed by atoms with Crippen molar-refractivity contribution >= 4 is 23.5 Å². The Balaban J connectivity index is 2.09. The van der Waals surface area contributed by atoms with Gasteiger partial charge in [-0.25, -0.2) is 9.48 Å². The zero-order valence-electron chi connectivity index (χ0n) is 10.5. The lowest BCUT2D eigenvalue weighted by atomic mass is 9.88. The summed E-state index contributed by atoms with van der Waals surface area (Å²) in [6, 6.07) is 6.77. The molecule has 6 nitrogen and oxygen atoms in total. The number of fused-ring (bicyclic) bond motifs is 1. The lowest BCUT2D eigenvalue weighted by molar-refractivity contribution is -0.141. The summed E-state index contributed by atoms with van der Waals surface area (Å²) in [5.74, 6) is -0.350. The number of nitrogens with two attached hydrogens (primary N) is 1. The van der Waals surface area contributed by atoms with Gasteiger partial charge in [0, 0.05) is 10.9 Å². The number of aromatic nitrogens is 3. The van der Waals surface area contributed by atoms with Crippen molar-refractivity contribution in [3.05, 3.63) is 40.7 Å². The average Bonchev–Trinajstić information content (AvgIpc) is 2.79. The smallest absolute Gasteiger partial charge is 0.328 e. The fourth-order valence-corrected chi connectivity index (χ4v) is 2.94. The van der Waals surface area contributed by atoms with Crippen molar-refractivity contribution in [1.82, 2.24) is 14.8 Å². The molecule has 1 aliphatic heterocycles. The molecule has 0 radical (unpaired) electrons. The maximum atomic E-state index is 11.3. The fourth-order valence-electron chi connectivity index (χ4n) is 2.68. The van der Waals surface area contributed by atoms with Crippen LogP contribution < -0.4 is 5.73 Å². The fraction of sp³-hybridized carbons (Fsp3) is 0.308. The Kier molecular flexibility index (Phi) is 3.10. The number of aliphatic carboxylic acids is 1. The van der Waals surface area contributed by atoms with E-state index < -0.39 is 12.0 Å². The zero-order chi connectivity index (χ0) is 14.3. The number of anilines is 1. The molecule has 20 heavy (non-hydrogen) atoms. The Labute approximate surface area is 120 Å². The first-order valence-corrected chi connectivity index (χ1v) is 6.65. The molecule has 104 valence electrons. The Morgan fingerprint density at radius 1 is 1.40 bits per heavy atom. The molecule has 0 spiro atoms. The van der Waals surface area contributed by atoms with Crippen molar-refractivity contribution < 1.29 is 9.90 Å². The summed E-state index contributed by atoms with van der Waals surface area (Å²) in [6.07, 6.45) is 1.12. The van der Waals surface area contributed by atoms with Gasteiger partial charge in [0.05, 0.1) is 0 Å². The second-order valence-electron chi connectivity index (χ2n) is 4.78. The Bertz CT molecular complexity index is 670. The molecular formula is C13H13ClN4O2. The van der Waals surface area contributed by atoms with Gasteiger partial charge >= 0.3 is 5.97 Å². The quantitative estimate of drug-likeness (QED) is 0.883. The molecule has 2 unspecified atom stereocenters. The minimum Gasteiger partial charge on any atom is -0.480 e. The second kappa shape index (κ2) is 4.79. The van der Waals surface area contributed by atoms with E-state index in [1.54, 1.807) is 0 Å². The first-order chi connectivity index (χ1) is 9.58. The van der Waals surface area contributed by atoms with Gasteiger partial charge in [-0.1, -0.05) is 29.8 Å². The van der Waals surface area contributed by atoms with E-state index >= 15 is 0 Å². The second-order valence-corrected chi connectivity index (χ2v) is 5.19. The van der Waals surface area contributed by atoms with Crippen LogP contribution in [-0.4, -0.2) is 25.8 Å². The Hall–Kier alpha value is -2.08. The van der Waals surface area contributed by atoms with Crippen LogP contribution >= 0.6 is 11.6 Å². The Morgan fingerprint density at radius 2 is 2.15 bits per heavy atom. The van der Waals surface area contributed by atoms with Crippen LogP contribution in [0.4, 0.5) is 5.95 Å². The highest BCUT2D eigenvalue weighted by Gasteiger charge is 2.35. The van der Waals surface area contributed by atoms with Crippen molar-refractivity contribution in [2.75, 3.05) is 5.73 Å². The Morgan fingerprint density at radius 3 is 2.85 bits per heavy atom. The van der Waals surface area contributed by atoms with Gasteiger partial charge < -0.3 is 10.8 Å². The third-order valence-electron chi connectivity index (χ3n) is 3.58. The van der Waals surface area contributed by atoms with E-state index in [-0.39, 0.29) is 11.9 Å². The number of hydrogen-bond donors (Lipinski definition) is 2. The molecule has 1 aromatic heterocycles. The van der Waals surface area contributed by atoms with Gasteiger partial charge in [-0.05, 0) is 24.5 Å². The maximum Gasteiger partial charge on any atom is 0.328 e. The summed E-state index contributed by atoms with van der Waals surface area (Å²) in [4.78, 5) is 15.5. The molecule has 0 aliphatic carbocycles. The van der Waals surface area contributed by atoms with E-state index in [9.17, 15) is 9.90 Å². The van der Waals surface area contributed by atoms with Crippen LogP contribution in [0.2, 0.25) is 5.02 Å². The molecular weight excluding hydrogens is 280 g/mol. The summed E-state index contributed by atoms with van der Waals surface area (Å²) in [6.45, 7) is 0. The molecule has 0 amide bonds. The predicted molar refractivity (Wildman–Crippen MR) is 73.6 cm³/mol. The first-order valence-electron chi connectivity index (χ1n) is 6.27. The number of nitrogen functional groups attached to an aromatic ring is 1. The maximum absolute atomic E-state index is 11.3. The molecule has 0 saturated carbocycles. The molecule has 2 atom stereocenters. The number of carboxylic acids is 1. The van der Waals surface area contributed by atoms with Crippen molar-refractivity contribution in [3.63, 3.8) is 0 Å². The molecule has 1 aromatic carbocycles. The normalized spacial score (nSPS) is 21.4. The molecule has 1 aliphatic rings. The summed E-state index contributed by atoms with van der Waals surface area (Å²) >= 11 is 6.22. The van der Waals surface area contributed by atoms with Gasteiger partial charge in [0.2, 0.25) is 5.95 Å². The highest BCUT2D eigenvalue weighted by atomic mass is 35.5. The van der Waals surface area contributed by atoms with E-state index in [1.165, 1.54) is 4.68 Å². The molecule has 7 heteroatoms. The lowest BCUT2D eigenvalue weighted by Gasteiger charge is -2.27. The standard InChI is InChI=1S/C13H13ClN4O2/c14-9-4-2-1-3-7(9)8-5-6-10(12(19)20)18-11(8)16-13(15)17-18/h1-4,8,10H,5-6H2,(H2,15,17)(H,19,20). The first kappa shape index (κ1) is 12.9. The number of benzene rings is 1. The largest absolute Gasteiger partial charge is 0.480 e. The van der Waals surface area contributed by atoms with Crippen LogP contribution in [0, 0.1) is 0 Å². The molecule has 3 N–H and O–H groups in total. The van der Waals surface area contributed by atoms with E-state index in [1.807, 2.05) is 24.3 Å². The minimum atomic E-state index is -0.922. The van der Waals surface area contributed by atoms with Crippen molar-refractivity contribution in [2.45, 2.75) is 24.8 Å². The topological polar surface area (TPSA) is 94.0 Å². The van der Waals surface area contributed by atoms with Crippen LogP contribution in [0.25, 0.3) is 0 Å². The molecule has 0 saturated heterocycles. The van der Waals surface area contributed by atoms with Gasteiger partial charge in [-0.2, -0.15) is 4.98 Å². The van der Waals surface area contributed by atoms with Gasteiger partial charge in [-0.3, -0.25) is 0 Å². The van der Waals surface area contributed by atoms with Gasteiger partial charge in [0.1, 0.15) is 5.82 Å². The van der Waals surface area contributed by atoms with Crippen LogP contribution in [0.5, 0.6) is 0 Å². The third-order valence-corrected chi connectivity index (χ3v) is 3.92. The molecule has 0 bridgehead atoms. The number of halogens is 1. The van der Waals surface area contributed by atoms with Crippen LogP contribution in [0.1, 0.15) is 36.2 Å². The predicted octanol–water partition coefficient (Wildman–Crippen LogP) is 2.07. The number of hydrogen-bond acceptors (Lipinski definition) is 4. The number of carbonyl (C=O) groups is 1. The van der Waals surface area contributed by atoms with Gasteiger partial charge in [0.15, 0.2) is 6.04 Å². The molecule has 2 heterocycles. The van der Waals surface area contributed by atoms with E-state index in [2.05, 4.69) is 10.1 Å². The van der Waals surface area contributed by atoms with Crippen molar-refractivity contribution in [1.29, 1.82) is 0 Å². The monoisotopic (exact) mass is 292 g/mol. The van der Waals surface area contributed by atoms with Crippen molar-refractivity contribution in [2.24, 2.45) is 0 Å². The SMILES string of the molecule is Nc1nc2n(n1)C(C(=O)O)CCC2c1ccccc1Cl. The number of nitrogens with zero attached hydrogens (tertiary/aromatic N) is 3. The molecule has 0 fully saturated rings. The van der Waals surface area contributed by atoms with Gasteiger partial charge in [-0.15, -0.1) is 5.10 Å². The molecule has 3 rings (SSSR count). The third kappa shape index (κ3) is 2.02. The van der Waals surface area contributed by atoms with Gasteiger partial charge in [0.25, 0.3) is 0 Å². The summed E-state index contributed by atoms with van der Waals surface area (Å²) in [7, 11) is 0.